The number of aromatic nitrogens is 2. The number of halogens is 1. The van der Waals surface area contributed by atoms with E-state index < -0.39 is 22.8 Å². The molecule has 1 saturated carbocycles. The van der Waals surface area contributed by atoms with Crippen LogP contribution in [0.5, 0.6) is 5.75 Å². The van der Waals surface area contributed by atoms with Gasteiger partial charge in [0.2, 0.25) is 5.43 Å². The van der Waals surface area contributed by atoms with Crippen LogP contribution in [0.1, 0.15) is 25.8 Å². The average molecular weight is 419 g/mol. The van der Waals surface area contributed by atoms with E-state index in [2.05, 4.69) is 14.9 Å². The van der Waals surface area contributed by atoms with Gasteiger partial charge in [0.15, 0.2) is 17.4 Å². The molecule has 10 nitrogen and oxygen atoms in total. The maximum atomic E-state index is 15.1. The van der Waals surface area contributed by atoms with Crippen molar-refractivity contribution in [2.75, 3.05) is 31.6 Å². The van der Waals surface area contributed by atoms with Crippen molar-refractivity contribution < 1.29 is 23.9 Å². The number of carboxylic acid groups (broad SMARTS) is 1. The summed E-state index contributed by atoms with van der Waals surface area (Å²) in [6.07, 6.45) is 1.41. The quantitative estimate of drug-likeness (QED) is 0.553. The van der Waals surface area contributed by atoms with Gasteiger partial charge in [-0.15, -0.1) is 0 Å². The average Bonchev–Trinajstić information content (AvgIpc) is 3.48. The fourth-order valence-corrected chi connectivity index (χ4v) is 3.75. The lowest BCUT2D eigenvalue weighted by Crippen LogP contribution is -2.36. The number of nitrogens with zero attached hydrogens (tertiary/aromatic N) is 4. The number of hydrogen-bond acceptors (Lipinski definition) is 8. The standard InChI is InChI=1S/C19H22FN5O5/c1-19(8-21)9-24(7-14(19)23-29-2)17-12(20)5-11-15(26)13(30-18(27)28)6-25(10-3-4-10)16(11)22-17/h5-6,10H,3-4,7-9,21H2,1-2H3,(H,27,28)/b23-14+. The van der Waals surface area contributed by atoms with Crippen LogP contribution in [0.2, 0.25) is 0 Å². The number of oxime groups is 1. The summed E-state index contributed by atoms with van der Waals surface area (Å²) in [7, 11) is 1.44. The molecule has 4 rings (SSSR count). The SMILES string of the molecule is CO/N=C1\CN(c2nc3c(cc2F)c(=O)c(OC(=O)O)cn3C2CC2)CC1(C)CN. The second-order valence-corrected chi connectivity index (χ2v) is 7.84. The molecule has 2 aromatic heterocycles. The number of nitrogens with two attached hydrogens (primary N) is 1. The van der Waals surface area contributed by atoms with Gasteiger partial charge in [0.25, 0.3) is 0 Å². The number of ether oxygens (including phenoxy) is 1. The normalized spacial score (nSPS) is 22.7. The number of pyridine rings is 2. The Morgan fingerprint density at radius 1 is 1.50 bits per heavy atom. The Morgan fingerprint density at radius 3 is 2.83 bits per heavy atom. The first-order valence-electron chi connectivity index (χ1n) is 9.49. The molecule has 160 valence electrons. The van der Waals surface area contributed by atoms with Gasteiger partial charge in [-0.25, -0.2) is 14.2 Å². The summed E-state index contributed by atoms with van der Waals surface area (Å²) >= 11 is 0. The van der Waals surface area contributed by atoms with Crippen LogP contribution >= 0.6 is 0 Å². The van der Waals surface area contributed by atoms with Gasteiger partial charge < -0.3 is 29.9 Å². The Bertz CT molecular complexity index is 1110. The highest BCUT2D eigenvalue weighted by Gasteiger charge is 2.41. The van der Waals surface area contributed by atoms with Crippen LogP contribution in [-0.2, 0) is 4.84 Å². The molecule has 1 aliphatic heterocycles. The minimum Gasteiger partial charge on any atom is -0.449 e. The second-order valence-electron chi connectivity index (χ2n) is 7.84. The van der Waals surface area contributed by atoms with Crippen molar-refractivity contribution in [3.05, 3.63) is 28.3 Å². The third kappa shape index (κ3) is 3.34. The highest BCUT2D eigenvalue weighted by atomic mass is 19.1. The van der Waals surface area contributed by atoms with Crippen molar-refractivity contribution in [3.8, 4) is 5.75 Å². The molecule has 2 aromatic rings. The molecule has 1 unspecified atom stereocenters. The number of fused-ring (bicyclic) bond motifs is 1. The Hall–Kier alpha value is -3.21. The first-order chi connectivity index (χ1) is 14.3. The van der Waals surface area contributed by atoms with Crippen molar-refractivity contribution in [2.45, 2.75) is 25.8 Å². The van der Waals surface area contributed by atoms with Crippen molar-refractivity contribution >= 4 is 28.7 Å². The number of carbonyl (C=O) groups is 1. The topological polar surface area (TPSA) is 132 Å². The van der Waals surface area contributed by atoms with Gasteiger partial charge in [-0.2, -0.15) is 0 Å². The molecular formula is C19H22FN5O5. The number of rotatable bonds is 5. The Balaban J connectivity index is 1.85. The first-order valence-corrected chi connectivity index (χ1v) is 9.49. The zero-order valence-corrected chi connectivity index (χ0v) is 16.6. The van der Waals surface area contributed by atoms with Gasteiger partial charge in [0.1, 0.15) is 12.8 Å². The minimum atomic E-state index is -1.61. The highest BCUT2D eigenvalue weighted by molar-refractivity contribution is 5.97. The summed E-state index contributed by atoms with van der Waals surface area (Å²) < 4.78 is 21.3. The summed E-state index contributed by atoms with van der Waals surface area (Å²) in [6, 6.07) is 1.13. The Kier molecular flexibility index (Phi) is 4.85. The largest absolute Gasteiger partial charge is 0.511 e. The Labute approximate surface area is 170 Å². The van der Waals surface area contributed by atoms with Crippen LogP contribution < -0.4 is 20.8 Å². The lowest BCUT2D eigenvalue weighted by Gasteiger charge is -2.23. The van der Waals surface area contributed by atoms with E-state index in [1.54, 1.807) is 9.47 Å². The van der Waals surface area contributed by atoms with Gasteiger partial charge in [0.05, 0.1) is 23.8 Å². The minimum absolute atomic E-state index is 0.0338. The van der Waals surface area contributed by atoms with Gasteiger partial charge in [0, 0.05) is 24.5 Å². The monoisotopic (exact) mass is 419 g/mol. The Morgan fingerprint density at radius 2 is 2.23 bits per heavy atom. The van der Waals surface area contributed by atoms with Crippen LogP contribution in [0.25, 0.3) is 11.0 Å². The molecule has 0 amide bonds. The summed E-state index contributed by atoms with van der Waals surface area (Å²) in [5, 5.41) is 12.9. The number of hydrogen-bond donors (Lipinski definition) is 2. The van der Waals surface area contributed by atoms with E-state index in [1.165, 1.54) is 13.3 Å². The van der Waals surface area contributed by atoms with E-state index >= 15 is 4.39 Å². The molecule has 11 heteroatoms. The molecular weight excluding hydrogens is 397 g/mol. The summed E-state index contributed by atoms with van der Waals surface area (Å²) in [5.41, 5.74) is 5.65. The first kappa shape index (κ1) is 20.1. The molecule has 3 N–H and O–H groups in total. The van der Waals surface area contributed by atoms with E-state index in [9.17, 15) is 9.59 Å². The van der Waals surface area contributed by atoms with Crippen LogP contribution in [0.15, 0.2) is 22.2 Å². The van der Waals surface area contributed by atoms with Gasteiger partial charge in [-0.05, 0) is 18.9 Å². The van der Waals surface area contributed by atoms with E-state index in [0.29, 0.717) is 18.8 Å². The van der Waals surface area contributed by atoms with Crippen LogP contribution in [0, 0.1) is 11.2 Å². The molecule has 0 spiro atoms. The van der Waals surface area contributed by atoms with Crippen LogP contribution in [0.3, 0.4) is 0 Å². The van der Waals surface area contributed by atoms with E-state index in [0.717, 1.165) is 18.9 Å². The van der Waals surface area contributed by atoms with Crippen molar-refractivity contribution in [3.63, 3.8) is 0 Å². The lowest BCUT2D eigenvalue weighted by atomic mass is 9.88. The van der Waals surface area contributed by atoms with Crippen molar-refractivity contribution in [1.29, 1.82) is 0 Å². The van der Waals surface area contributed by atoms with Crippen LogP contribution in [-0.4, -0.2) is 53.3 Å². The summed E-state index contributed by atoms with van der Waals surface area (Å²) in [4.78, 5) is 34.7. The van der Waals surface area contributed by atoms with Gasteiger partial charge in [-0.1, -0.05) is 12.1 Å². The zero-order chi connectivity index (χ0) is 21.6. The van der Waals surface area contributed by atoms with E-state index in [4.69, 9.17) is 15.7 Å². The van der Waals surface area contributed by atoms with E-state index in [1.807, 2.05) is 6.92 Å². The maximum absolute atomic E-state index is 15.1. The highest BCUT2D eigenvalue weighted by Crippen LogP contribution is 2.38. The molecule has 3 heterocycles. The van der Waals surface area contributed by atoms with E-state index in [-0.39, 0.29) is 35.2 Å². The third-order valence-electron chi connectivity index (χ3n) is 5.57. The lowest BCUT2D eigenvalue weighted by molar-refractivity contribution is 0.143. The predicted molar refractivity (Wildman–Crippen MR) is 107 cm³/mol. The molecule has 1 atom stereocenters. The molecule has 0 aromatic carbocycles. The molecule has 2 fully saturated rings. The summed E-state index contributed by atoms with van der Waals surface area (Å²) in [5.74, 6) is -1.00. The molecule has 1 saturated heterocycles. The molecule has 2 aliphatic rings. The molecule has 1 aliphatic carbocycles. The predicted octanol–water partition coefficient (Wildman–Crippen LogP) is 1.71. The third-order valence-corrected chi connectivity index (χ3v) is 5.57. The zero-order valence-electron chi connectivity index (χ0n) is 16.6. The van der Waals surface area contributed by atoms with Crippen LogP contribution in [0.4, 0.5) is 15.0 Å². The van der Waals surface area contributed by atoms with Crippen molar-refractivity contribution in [2.24, 2.45) is 16.3 Å². The van der Waals surface area contributed by atoms with Crippen molar-refractivity contribution in [1.82, 2.24) is 9.55 Å². The smallest absolute Gasteiger partial charge is 0.449 e. The fraction of sp³-hybridized carbons (Fsp3) is 0.474. The molecule has 0 radical (unpaired) electrons. The summed E-state index contributed by atoms with van der Waals surface area (Å²) in [6.45, 7) is 2.88. The van der Waals surface area contributed by atoms with Gasteiger partial charge in [-0.3, -0.25) is 4.79 Å². The molecule has 0 bridgehead atoms. The molecule has 30 heavy (non-hydrogen) atoms. The maximum Gasteiger partial charge on any atom is 0.511 e. The second kappa shape index (κ2) is 7.24. The number of anilines is 1. The fourth-order valence-electron chi connectivity index (χ4n) is 3.75. The van der Waals surface area contributed by atoms with Gasteiger partial charge >= 0.3 is 6.16 Å².